The van der Waals surface area contributed by atoms with Crippen LogP contribution in [-0.2, 0) is 4.79 Å². The SMILES string of the molecule is C=C(C)C1CCC2(C(=O)O)CCC3C(CCC4C3CCC3C(C)(C)C(O)CCC43C)C12. The molecule has 5 aliphatic carbocycles. The van der Waals surface area contributed by atoms with Crippen LogP contribution in [-0.4, -0.2) is 22.3 Å². The molecule has 0 spiro atoms. The molecule has 0 bridgehead atoms. The van der Waals surface area contributed by atoms with Crippen LogP contribution >= 0.6 is 0 Å². The van der Waals surface area contributed by atoms with Gasteiger partial charge in [-0.1, -0.05) is 32.9 Å². The number of carboxylic acids is 1. The molecule has 31 heavy (non-hydrogen) atoms. The van der Waals surface area contributed by atoms with E-state index in [1.165, 1.54) is 31.3 Å². The summed E-state index contributed by atoms with van der Waals surface area (Å²) >= 11 is 0. The molecule has 0 heterocycles. The van der Waals surface area contributed by atoms with Crippen LogP contribution in [0.3, 0.4) is 0 Å². The van der Waals surface area contributed by atoms with Crippen LogP contribution in [0.25, 0.3) is 0 Å². The van der Waals surface area contributed by atoms with Gasteiger partial charge in [-0.2, -0.15) is 0 Å². The van der Waals surface area contributed by atoms with Crippen LogP contribution in [0, 0.1) is 57.7 Å². The molecular weight excluding hydrogens is 384 g/mol. The van der Waals surface area contributed by atoms with Crippen LogP contribution in [0.5, 0.6) is 0 Å². The molecule has 10 unspecified atom stereocenters. The fourth-order valence-corrected chi connectivity index (χ4v) is 10.6. The zero-order chi connectivity index (χ0) is 22.3. The third-order valence-electron chi connectivity index (χ3n) is 12.0. The highest BCUT2D eigenvalue weighted by atomic mass is 16.4. The van der Waals surface area contributed by atoms with E-state index in [9.17, 15) is 15.0 Å². The molecular formula is C28H44O3. The first-order chi connectivity index (χ1) is 14.5. The second-order valence-corrected chi connectivity index (χ2v) is 13.2. The van der Waals surface area contributed by atoms with Gasteiger partial charge in [-0.3, -0.25) is 4.79 Å². The Labute approximate surface area is 189 Å². The zero-order valence-corrected chi connectivity index (χ0v) is 20.2. The van der Waals surface area contributed by atoms with Gasteiger partial charge in [0.15, 0.2) is 0 Å². The van der Waals surface area contributed by atoms with Gasteiger partial charge in [-0.15, -0.1) is 0 Å². The maximum absolute atomic E-state index is 12.6. The third kappa shape index (κ3) is 2.83. The third-order valence-corrected chi connectivity index (χ3v) is 12.0. The van der Waals surface area contributed by atoms with E-state index in [1.807, 2.05) is 0 Å². The van der Waals surface area contributed by atoms with Crippen molar-refractivity contribution in [2.75, 3.05) is 0 Å². The lowest BCUT2D eigenvalue weighted by Gasteiger charge is -2.65. The number of carboxylic acid groups (broad SMARTS) is 1. The van der Waals surface area contributed by atoms with Crippen LogP contribution < -0.4 is 0 Å². The summed E-state index contributed by atoms with van der Waals surface area (Å²) in [5.74, 6) is 3.55. The molecule has 2 N–H and O–H groups in total. The first-order valence-corrected chi connectivity index (χ1v) is 13.1. The van der Waals surface area contributed by atoms with E-state index in [0.717, 1.165) is 50.4 Å². The number of carbonyl (C=O) groups is 1. The predicted molar refractivity (Wildman–Crippen MR) is 123 cm³/mol. The van der Waals surface area contributed by atoms with Gasteiger partial charge < -0.3 is 10.2 Å². The monoisotopic (exact) mass is 428 g/mol. The fraction of sp³-hybridized carbons (Fsp3) is 0.893. The number of rotatable bonds is 2. The Kier molecular flexibility index (Phi) is 5.02. The van der Waals surface area contributed by atoms with Gasteiger partial charge in [0.25, 0.3) is 0 Å². The minimum Gasteiger partial charge on any atom is -0.481 e. The van der Waals surface area contributed by atoms with Crippen molar-refractivity contribution < 1.29 is 15.0 Å². The van der Waals surface area contributed by atoms with Crippen molar-refractivity contribution in [3.8, 4) is 0 Å². The van der Waals surface area contributed by atoms with Gasteiger partial charge >= 0.3 is 5.97 Å². The zero-order valence-electron chi connectivity index (χ0n) is 20.2. The molecule has 0 aromatic carbocycles. The van der Waals surface area contributed by atoms with Crippen molar-refractivity contribution in [1.82, 2.24) is 0 Å². The van der Waals surface area contributed by atoms with Crippen molar-refractivity contribution in [3.05, 3.63) is 12.2 Å². The molecule has 0 amide bonds. The van der Waals surface area contributed by atoms with Crippen LogP contribution in [0.4, 0.5) is 0 Å². The predicted octanol–water partition coefficient (Wildman–Crippen LogP) is 6.31. The van der Waals surface area contributed by atoms with Crippen molar-refractivity contribution >= 4 is 5.97 Å². The summed E-state index contributed by atoms with van der Waals surface area (Å²) in [5, 5.41) is 21.1. The Hall–Kier alpha value is -0.830. The van der Waals surface area contributed by atoms with Crippen LogP contribution in [0.15, 0.2) is 12.2 Å². The van der Waals surface area contributed by atoms with Gasteiger partial charge in [0.05, 0.1) is 11.5 Å². The number of aliphatic carboxylic acids is 1. The lowest BCUT2D eigenvalue weighted by Crippen LogP contribution is -2.60. The Morgan fingerprint density at radius 3 is 2.23 bits per heavy atom. The van der Waals surface area contributed by atoms with Crippen molar-refractivity contribution in [2.45, 2.75) is 98.0 Å². The van der Waals surface area contributed by atoms with E-state index in [2.05, 4.69) is 34.3 Å². The molecule has 5 fully saturated rings. The molecule has 0 aromatic rings. The second-order valence-electron chi connectivity index (χ2n) is 13.2. The summed E-state index contributed by atoms with van der Waals surface area (Å²) in [6.07, 6.45) is 10.8. The minimum atomic E-state index is -0.527. The van der Waals surface area contributed by atoms with Gasteiger partial charge in [0.2, 0.25) is 0 Å². The minimum absolute atomic E-state index is 0.0103. The molecule has 5 saturated carbocycles. The number of allylic oxidation sites excluding steroid dienone is 1. The molecule has 3 heteroatoms. The van der Waals surface area contributed by atoms with Crippen LogP contribution in [0.1, 0.15) is 91.9 Å². The highest BCUT2D eigenvalue weighted by Gasteiger charge is 2.65. The molecule has 0 aromatic heterocycles. The second kappa shape index (κ2) is 7.08. The number of aliphatic hydroxyl groups excluding tert-OH is 1. The van der Waals surface area contributed by atoms with Crippen molar-refractivity contribution in [1.29, 1.82) is 0 Å². The van der Waals surface area contributed by atoms with Gasteiger partial charge in [0, 0.05) is 0 Å². The maximum Gasteiger partial charge on any atom is 0.309 e. The molecule has 10 atom stereocenters. The Morgan fingerprint density at radius 1 is 0.871 bits per heavy atom. The summed E-state index contributed by atoms with van der Waals surface area (Å²) in [5.41, 5.74) is 1.07. The highest BCUT2D eigenvalue weighted by Crippen LogP contribution is 2.70. The molecule has 5 rings (SSSR count). The Bertz CT molecular complexity index is 770. The lowest BCUT2D eigenvalue weighted by atomic mass is 9.40. The first kappa shape index (κ1) is 22.0. The quantitative estimate of drug-likeness (QED) is 0.507. The van der Waals surface area contributed by atoms with E-state index in [1.54, 1.807) is 0 Å². The summed E-state index contributed by atoms with van der Waals surface area (Å²) in [6, 6.07) is 0. The van der Waals surface area contributed by atoms with Crippen molar-refractivity contribution in [2.24, 2.45) is 57.7 Å². The molecule has 0 saturated heterocycles. The Morgan fingerprint density at radius 2 is 1.55 bits per heavy atom. The molecule has 3 nitrogen and oxygen atoms in total. The standard InChI is InChI=1S/C28H44O3/c1-16(2)17-10-14-28(25(30)31)15-11-18-19-7-9-22-26(3,4)23(29)12-13-27(22,5)21(19)8-6-20(18)24(17)28/h17-24,29H,1,6-15H2,2-5H3,(H,30,31). The maximum atomic E-state index is 12.6. The summed E-state index contributed by atoms with van der Waals surface area (Å²) in [4.78, 5) is 12.6. The van der Waals surface area contributed by atoms with E-state index in [4.69, 9.17) is 0 Å². The number of aliphatic hydroxyl groups is 1. The lowest BCUT2D eigenvalue weighted by molar-refractivity contribution is -0.188. The van der Waals surface area contributed by atoms with Gasteiger partial charge in [-0.05, 0) is 123 Å². The fourth-order valence-electron chi connectivity index (χ4n) is 10.6. The van der Waals surface area contributed by atoms with E-state index < -0.39 is 11.4 Å². The average molecular weight is 429 g/mol. The largest absolute Gasteiger partial charge is 0.481 e. The normalized spacial score (nSPS) is 52.9. The summed E-state index contributed by atoms with van der Waals surface area (Å²) < 4.78 is 0. The van der Waals surface area contributed by atoms with E-state index in [-0.39, 0.29) is 11.5 Å². The van der Waals surface area contributed by atoms with Crippen LogP contribution in [0.2, 0.25) is 0 Å². The molecule has 174 valence electrons. The first-order valence-electron chi connectivity index (χ1n) is 13.1. The smallest absolute Gasteiger partial charge is 0.309 e. The van der Waals surface area contributed by atoms with Gasteiger partial charge in [-0.25, -0.2) is 0 Å². The molecule has 0 aliphatic heterocycles. The number of fused-ring (bicyclic) bond motifs is 7. The average Bonchev–Trinajstić information content (AvgIpc) is 3.12. The Balaban J connectivity index is 1.47. The van der Waals surface area contributed by atoms with Crippen molar-refractivity contribution in [3.63, 3.8) is 0 Å². The summed E-state index contributed by atoms with van der Waals surface area (Å²) in [6.45, 7) is 13.6. The van der Waals surface area contributed by atoms with Gasteiger partial charge in [0.1, 0.15) is 0 Å². The summed E-state index contributed by atoms with van der Waals surface area (Å²) in [7, 11) is 0. The van der Waals surface area contributed by atoms with E-state index >= 15 is 0 Å². The number of hydrogen-bond acceptors (Lipinski definition) is 2. The number of hydrogen-bond donors (Lipinski definition) is 2. The molecule has 5 aliphatic rings. The molecule has 0 radical (unpaired) electrons. The topological polar surface area (TPSA) is 57.5 Å². The van der Waals surface area contributed by atoms with E-state index in [0.29, 0.717) is 35.0 Å². The highest BCUT2D eigenvalue weighted by molar-refractivity contribution is 5.76.